The first-order valence-corrected chi connectivity index (χ1v) is 8.91. The average Bonchev–Trinajstić information content (AvgIpc) is 3.15. The number of imidazole rings is 1. The third kappa shape index (κ3) is 4.73. The Hall–Kier alpha value is -3.22. The van der Waals surface area contributed by atoms with Crippen LogP contribution in [0, 0.1) is 11.6 Å². The Morgan fingerprint density at radius 3 is 2.54 bits per heavy atom. The molecule has 0 bridgehead atoms. The topological polar surface area (TPSA) is 53.4 Å². The normalized spacial score (nSPS) is 10.7. The lowest BCUT2D eigenvalue weighted by molar-refractivity contribution is -0.143. The molecular formula is C21H20F2N2O3. The molecule has 0 unspecified atom stereocenters. The number of aryl methyl sites for hydroxylation is 1. The number of benzene rings is 2. The van der Waals surface area contributed by atoms with Crippen LogP contribution in [-0.2, 0) is 22.6 Å². The zero-order valence-corrected chi connectivity index (χ0v) is 15.4. The largest absolute Gasteiger partial charge is 0.481 e. The van der Waals surface area contributed by atoms with Crippen molar-refractivity contribution in [2.24, 2.45) is 0 Å². The number of hydrogen-bond acceptors (Lipinski definition) is 4. The molecule has 0 saturated heterocycles. The van der Waals surface area contributed by atoms with Crippen molar-refractivity contribution in [1.82, 2.24) is 9.55 Å². The van der Waals surface area contributed by atoms with Gasteiger partial charge in [0, 0.05) is 12.1 Å². The maximum Gasteiger partial charge on any atom is 0.306 e. The second-order valence-electron chi connectivity index (χ2n) is 6.07. The Kier molecular flexibility index (Phi) is 6.37. The summed E-state index contributed by atoms with van der Waals surface area (Å²) in [6.45, 7) is 1.92. The first-order chi connectivity index (χ1) is 13.6. The van der Waals surface area contributed by atoms with Gasteiger partial charge in [-0.2, -0.15) is 0 Å². The maximum atomic E-state index is 14.3. The summed E-state index contributed by atoms with van der Waals surface area (Å²) in [5.41, 5.74) is 1.88. The van der Waals surface area contributed by atoms with Gasteiger partial charge >= 0.3 is 5.97 Å². The van der Waals surface area contributed by atoms with Crippen molar-refractivity contribution in [3.63, 3.8) is 0 Å². The molecule has 0 aliphatic rings. The second-order valence-corrected chi connectivity index (χ2v) is 6.07. The molecule has 0 spiro atoms. The highest BCUT2D eigenvalue weighted by Crippen LogP contribution is 2.25. The van der Waals surface area contributed by atoms with Crippen molar-refractivity contribution < 1.29 is 23.0 Å². The van der Waals surface area contributed by atoms with Crippen LogP contribution in [0.3, 0.4) is 0 Å². The highest BCUT2D eigenvalue weighted by atomic mass is 19.1. The van der Waals surface area contributed by atoms with Crippen molar-refractivity contribution in [2.75, 3.05) is 6.61 Å². The Bertz CT molecular complexity index is 919. The van der Waals surface area contributed by atoms with Gasteiger partial charge in [-0.05, 0) is 43.2 Å². The average molecular weight is 386 g/mol. The van der Waals surface area contributed by atoms with E-state index in [0.29, 0.717) is 11.3 Å². The number of hydrogen-bond donors (Lipinski definition) is 0. The van der Waals surface area contributed by atoms with Crippen LogP contribution in [0.15, 0.2) is 55.0 Å². The molecule has 0 amide bonds. The number of nitrogens with zero attached hydrogens (tertiary/aromatic N) is 2. The molecule has 0 aliphatic heterocycles. The summed E-state index contributed by atoms with van der Waals surface area (Å²) >= 11 is 0. The molecule has 2 aromatic carbocycles. The van der Waals surface area contributed by atoms with E-state index in [2.05, 4.69) is 4.98 Å². The number of carbonyl (C=O) groups is 1. The van der Waals surface area contributed by atoms with E-state index in [4.69, 9.17) is 9.47 Å². The molecule has 0 aliphatic carbocycles. The minimum Gasteiger partial charge on any atom is -0.481 e. The van der Waals surface area contributed by atoms with Gasteiger partial charge in [0.15, 0.2) is 17.4 Å². The number of para-hydroxylation sites is 1. The molecule has 3 rings (SSSR count). The third-order valence-corrected chi connectivity index (χ3v) is 4.10. The van der Waals surface area contributed by atoms with Crippen molar-refractivity contribution in [1.29, 1.82) is 0 Å². The molecule has 7 heteroatoms. The number of rotatable bonds is 8. The van der Waals surface area contributed by atoms with Gasteiger partial charge in [0.05, 0.1) is 24.8 Å². The first kappa shape index (κ1) is 19.5. The maximum absolute atomic E-state index is 14.3. The van der Waals surface area contributed by atoms with Gasteiger partial charge in [-0.1, -0.05) is 18.2 Å². The number of carbonyl (C=O) groups excluding carboxylic acids is 1. The molecule has 0 fully saturated rings. The number of aromatic nitrogens is 2. The van der Waals surface area contributed by atoms with Crippen molar-refractivity contribution in [3.05, 3.63) is 77.9 Å². The number of esters is 1. The van der Waals surface area contributed by atoms with Crippen LogP contribution in [-0.4, -0.2) is 22.1 Å². The van der Waals surface area contributed by atoms with Gasteiger partial charge in [-0.3, -0.25) is 9.36 Å². The molecule has 0 N–H and O–H groups in total. The standard InChI is InChI=1S/C21H20F2N2O3/c1-2-27-20(26)9-8-15-10-18(22)21(19(23)11-15)28-13-17-12-24-14-25(17)16-6-4-3-5-7-16/h3-7,10-12,14H,2,8-9,13H2,1H3. The van der Waals surface area contributed by atoms with Crippen LogP contribution >= 0.6 is 0 Å². The van der Waals surface area contributed by atoms with Gasteiger partial charge in [-0.25, -0.2) is 13.8 Å². The fourth-order valence-electron chi connectivity index (χ4n) is 2.77. The summed E-state index contributed by atoms with van der Waals surface area (Å²) in [5.74, 6) is -2.49. The van der Waals surface area contributed by atoms with Gasteiger partial charge in [-0.15, -0.1) is 0 Å². The van der Waals surface area contributed by atoms with Crippen LogP contribution in [0.2, 0.25) is 0 Å². The molecule has 0 saturated carbocycles. The molecule has 146 valence electrons. The van der Waals surface area contributed by atoms with E-state index in [1.54, 1.807) is 24.0 Å². The van der Waals surface area contributed by atoms with Crippen LogP contribution in [0.4, 0.5) is 8.78 Å². The molecule has 1 aromatic heterocycles. The molecule has 0 atom stereocenters. The van der Waals surface area contributed by atoms with E-state index in [1.807, 2.05) is 30.3 Å². The van der Waals surface area contributed by atoms with E-state index in [1.165, 1.54) is 12.1 Å². The zero-order valence-electron chi connectivity index (χ0n) is 15.4. The van der Waals surface area contributed by atoms with E-state index < -0.39 is 23.4 Å². The predicted octanol–water partition coefficient (Wildman–Crippen LogP) is 4.23. The summed E-state index contributed by atoms with van der Waals surface area (Å²) in [5, 5.41) is 0. The highest BCUT2D eigenvalue weighted by Gasteiger charge is 2.15. The van der Waals surface area contributed by atoms with Gasteiger partial charge < -0.3 is 9.47 Å². The lowest BCUT2D eigenvalue weighted by Gasteiger charge is -2.12. The summed E-state index contributed by atoms with van der Waals surface area (Å²) in [4.78, 5) is 15.5. The number of ether oxygens (including phenoxy) is 2. The van der Waals surface area contributed by atoms with Crippen LogP contribution < -0.4 is 4.74 Å². The Morgan fingerprint density at radius 1 is 1.14 bits per heavy atom. The Labute approximate surface area is 161 Å². The fraction of sp³-hybridized carbons (Fsp3) is 0.238. The fourth-order valence-corrected chi connectivity index (χ4v) is 2.77. The minimum atomic E-state index is -0.815. The van der Waals surface area contributed by atoms with Crippen LogP contribution in [0.25, 0.3) is 5.69 Å². The minimum absolute atomic E-state index is 0.0507. The molecule has 3 aromatic rings. The smallest absolute Gasteiger partial charge is 0.306 e. The van der Waals surface area contributed by atoms with E-state index >= 15 is 0 Å². The lowest BCUT2D eigenvalue weighted by Crippen LogP contribution is -2.07. The van der Waals surface area contributed by atoms with Gasteiger partial charge in [0.25, 0.3) is 0 Å². The zero-order chi connectivity index (χ0) is 19.9. The van der Waals surface area contributed by atoms with Crippen LogP contribution in [0.5, 0.6) is 5.75 Å². The summed E-state index contributed by atoms with van der Waals surface area (Å²) in [7, 11) is 0. The molecule has 5 nitrogen and oxygen atoms in total. The van der Waals surface area contributed by atoms with Crippen molar-refractivity contribution in [3.8, 4) is 11.4 Å². The SMILES string of the molecule is CCOC(=O)CCc1cc(F)c(OCc2cncn2-c2ccccc2)c(F)c1. The first-order valence-electron chi connectivity index (χ1n) is 8.91. The second kappa shape index (κ2) is 9.12. The van der Waals surface area contributed by atoms with Crippen LogP contribution in [0.1, 0.15) is 24.6 Å². The van der Waals surface area contributed by atoms with Gasteiger partial charge in [0.1, 0.15) is 6.61 Å². The predicted molar refractivity (Wildman–Crippen MR) is 99.2 cm³/mol. The van der Waals surface area contributed by atoms with E-state index in [0.717, 1.165) is 5.69 Å². The molecular weight excluding hydrogens is 366 g/mol. The number of halogens is 2. The van der Waals surface area contributed by atoms with Crippen molar-refractivity contribution in [2.45, 2.75) is 26.4 Å². The summed E-state index contributed by atoms with van der Waals surface area (Å²) in [6.07, 6.45) is 3.44. The summed E-state index contributed by atoms with van der Waals surface area (Å²) in [6, 6.07) is 11.8. The lowest BCUT2D eigenvalue weighted by atomic mass is 10.1. The molecule has 1 heterocycles. The Balaban J connectivity index is 1.69. The molecule has 0 radical (unpaired) electrons. The molecule has 28 heavy (non-hydrogen) atoms. The van der Waals surface area contributed by atoms with Crippen molar-refractivity contribution >= 4 is 5.97 Å². The quantitative estimate of drug-likeness (QED) is 0.544. The van der Waals surface area contributed by atoms with Gasteiger partial charge in [0.2, 0.25) is 0 Å². The summed E-state index contributed by atoms with van der Waals surface area (Å²) < 4.78 is 40.7. The van der Waals surface area contributed by atoms with E-state index in [-0.39, 0.29) is 26.1 Å². The Morgan fingerprint density at radius 2 is 1.86 bits per heavy atom. The van der Waals surface area contributed by atoms with E-state index in [9.17, 15) is 13.6 Å². The highest BCUT2D eigenvalue weighted by molar-refractivity contribution is 5.69. The third-order valence-electron chi connectivity index (χ3n) is 4.10. The monoisotopic (exact) mass is 386 g/mol.